The van der Waals surface area contributed by atoms with Crippen LogP contribution in [0.2, 0.25) is 0 Å². The maximum absolute atomic E-state index is 13.1. The van der Waals surface area contributed by atoms with E-state index < -0.39 is 5.91 Å². The quantitative estimate of drug-likeness (QED) is 0.374. The number of amides is 3. The molecule has 0 saturated heterocycles. The van der Waals surface area contributed by atoms with Crippen molar-refractivity contribution in [2.75, 3.05) is 11.9 Å². The zero-order valence-electron chi connectivity index (χ0n) is 20.0. The molecular weight excluding hydrogens is 454 g/mol. The van der Waals surface area contributed by atoms with Gasteiger partial charge in [-0.2, -0.15) is 5.10 Å². The Hall–Kier alpha value is -4.59. The number of nitrogens with zero attached hydrogens (tertiary/aromatic N) is 3. The molecule has 3 aromatic carbocycles. The molecule has 2 N–H and O–H groups in total. The van der Waals surface area contributed by atoms with E-state index >= 15 is 0 Å². The zero-order chi connectivity index (χ0) is 25.2. The fourth-order valence-corrected chi connectivity index (χ4v) is 4.16. The van der Waals surface area contributed by atoms with E-state index in [-0.39, 0.29) is 35.4 Å². The summed E-state index contributed by atoms with van der Waals surface area (Å²) in [4.78, 5) is 44.7. The Morgan fingerprint density at radius 1 is 0.917 bits per heavy atom. The second kappa shape index (κ2) is 9.58. The third kappa shape index (κ3) is 4.40. The number of rotatable bonds is 7. The summed E-state index contributed by atoms with van der Waals surface area (Å²) in [7, 11) is 0. The molecular formula is C28H25N5O3. The lowest BCUT2D eigenvalue weighted by Gasteiger charge is -2.13. The molecule has 0 atom stereocenters. The predicted octanol–water partition coefficient (Wildman–Crippen LogP) is 4.69. The normalized spacial score (nSPS) is 12.8. The van der Waals surface area contributed by atoms with Gasteiger partial charge in [0, 0.05) is 23.6 Å². The summed E-state index contributed by atoms with van der Waals surface area (Å²) in [6, 6.07) is 21.5. The topological polar surface area (TPSA) is 108 Å². The minimum atomic E-state index is -0.396. The first-order valence-corrected chi connectivity index (χ1v) is 11.8. The second-order valence-electron chi connectivity index (χ2n) is 8.96. The van der Waals surface area contributed by atoms with E-state index in [1.165, 1.54) is 11.0 Å². The molecule has 0 radical (unpaired) electrons. The number of anilines is 1. The van der Waals surface area contributed by atoms with E-state index in [2.05, 4.69) is 20.5 Å². The van der Waals surface area contributed by atoms with Gasteiger partial charge in [0.2, 0.25) is 0 Å². The monoisotopic (exact) mass is 479 g/mol. The number of hydrogen-bond acceptors (Lipinski definition) is 5. The molecule has 0 saturated carbocycles. The molecule has 1 aliphatic heterocycles. The third-order valence-electron chi connectivity index (χ3n) is 6.17. The summed E-state index contributed by atoms with van der Waals surface area (Å²) < 4.78 is 0. The Morgan fingerprint density at radius 3 is 2.39 bits per heavy atom. The number of carbonyl (C=O) groups excluding carboxylic acids is 3. The minimum Gasteiger partial charge on any atom is -0.321 e. The van der Waals surface area contributed by atoms with Crippen molar-refractivity contribution in [1.82, 2.24) is 20.1 Å². The highest BCUT2D eigenvalue weighted by Crippen LogP contribution is 2.28. The molecule has 3 amide bonds. The number of para-hydroxylation sites is 1. The number of carbonyl (C=O) groups is 3. The van der Waals surface area contributed by atoms with E-state index in [1.807, 2.05) is 62.4 Å². The van der Waals surface area contributed by atoms with Gasteiger partial charge in [-0.1, -0.05) is 56.3 Å². The number of aromatic nitrogens is 3. The molecule has 1 aliphatic rings. The summed E-state index contributed by atoms with van der Waals surface area (Å²) in [6.07, 6.45) is 0.566. The fourth-order valence-electron chi connectivity index (χ4n) is 4.16. The maximum Gasteiger partial charge on any atom is 0.261 e. The Balaban J connectivity index is 1.35. The molecule has 4 aromatic rings. The first-order valence-electron chi connectivity index (χ1n) is 11.8. The van der Waals surface area contributed by atoms with E-state index in [1.54, 1.807) is 18.2 Å². The second-order valence-corrected chi connectivity index (χ2v) is 8.96. The number of imide groups is 1. The predicted molar refractivity (Wildman–Crippen MR) is 136 cm³/mol. The van der Waals surface area contributed by atoms with Crippen LogP contribution >= 0.6 is 0 Å². The van der Waals surface area contributed by atoms with Crippen LogP contribution in [0.15, 0.2) is 72.8 Å². The average molecular weight is 480 g/mol. The Labute approximate surface area is 208 Å². The molecule has 0 bridgehead atoms. The standard InChI is InChI=1S/C28H25N5O3/c1-17(2)24-30-25(32-31-24)21-10-6-7-11-23(21)29-26(34)19-12-13-20-22(16-19)28(36)33(27(20)35)15-14-18-8-4-3-5-9-18/h3-13,16-17H,14-15H2,1-2H3,(H,29,34)(H,30,31,32). The molecule has 0 aliphatic carbocycles. The van der Waals surface area contributed by atoms with E-state index in [9.17, 15) is 14.4 Å². The van der Waals surface area contributed by atoms with Crippen LogP contribution in [0.5, 0.6) is 0 Å². The Kier molecular flexibility index (Phi) is 6.16. The number of fused-ring (bicyclic) bond motifs is 1. The summed E-state index contributed by atoms with van der Waals surface area (Å²) in [5.74, 6) is 0.305. The van der Waals surface area contributed by atoms with Crippen LogP contribution in [0.25, 0.3) is 11.4 Å². The highest BCUT2D eigenvalue weighted by molar-refractivity contribution is 6.22. The maximum atomic E-state index is 13.1. The number of H-pyrrole nitrogens is 1. The minimum absolute atomic E-state index is 0.187. The lowest BCUT2D eigenvalue weighted by Crippen LogP contribution is -2.31. The van der Waals surface area contributed by atoms with Crippen molar-refractivity contribution in [1.29, 1.82) is 0 Å². The van der Waals surface area contributed by atoms with Crippen molar-refractivity contribution in [3.63, 3.8) is 0 Å². The lowest BCUT2D eigenvalue weighted by molar-refractivity contribution is 0.0656. The van der Waals surface area contributed by atoms with Crippen molar-refractivity contribution in [3.8, 4) is 11.4 Å². The number of hydrogen-bond donors (Lipinski definition) is 2. The summed E-state index contributed by atoms with van der Waals surface area (Å²) in [5.41, 5.74) is 3.10. The van der Waals surface area contributed by atoms with Gasteiger partial charge in [-0.05, 0) is 42.3 Å². The van der Waals surface area contributed by atoms with Gasteiger partial charge in [-0.15, -0.1) is 0 Å². The molecule has 1 aromatic heterocycles. The number of benzene rings is 3. The molecule has 8 nitrogen and oxygen atoms in total. The molecule has 36 heavy (non-hydrogen) atoms. The van der Waals surface area contributed by atoms with Gasteiger partial charge in [0.05, 0.1) is 16.8 Å². The van der Waals surface area contributed by atoms with Crippen LogP contribution in [0.3, 0.4) is 0 Å². The van der Waals surface area contributed by atoms with Crippen LogP contribution in [0.1, 0.15) is 62.2 Å². The van der Waals surface area contributed by atoms with Gasteiger partial charge in [0.1, 0.15) is 5.82 Å². The van der Waals surface area contributed by atoms with Gasteiger partial charge >= 0.3 is 0 Å². The van der Waals surface area contributed by atoms with Gasteiger partial charge < -0.3 is 5.32 Å². The van der Waals surface area contributed by atoms with Crippen molar-refractivity contribution in [3.05, 3.63) is 101 Å². The molecule has 2 heterocycles. The molecule has 180 valence electrons. The van der Waals surface area contributed by atoms with Crippen LogP contribution in [-0.2, 0) is 6.42 Å². The van der Waals surface area contributed by atoms with Crippen molar-refractivity contribution >= 4 is 23.4 Å². The molecule has 0 fully saturated rings. The van der Waals surface area contributed by atoms with Gasteiger partial charge in [-0.25, -0.2) is 4.98 Å². The SMILES string of the molecule is CC(C)c1nc(-c2ccccc2NC(=O)c2ccc3c(c2)C(=O)N(CCc2ccccc2)C3=O)n[nH]1. The van der Waals surface area contributed by atoms with Crippen LogP contribution in [0.4, 0.5) is 5.69 Å². The van der Waals surface area contributed by atoms with Gasteiger partial charge in [-0.3, -0.25) is 24.4 Å². The van der Waals surface area contributed by atoms with E-state index in [0.717, 1.165) is 11.4 Å². The average Bonchev–Trinajstić information content (AvgIpc) is 3.47. The van der Waals surface area contributed by atoms with Crippen LogP contribution in [-0.4, -0.2) is 44.3 Å². The first-order chi connectivity index (χ1) is 17.4. The van der Waals surface area contributed by atoms with Crippen molar-refractivity contribution < 1.29 is 14.4 Å². The van der Waals surface area contributed by atoms with E-state index in [4.69, 9.17) is 0 Å². The Bertz CT molecular complexity index is 1460. The van der Waals surface area contributed by atoms with E-state index in [0.29, 0.717) is 29.1 Å². The molecule has 0 unspecified atom stereocenters. The summed E-state index contributed by atoms with van der Waals surface area (Å²) in [5, 5.41) is 10.1. The van der Waals surface area contributed by atoms with Crippen molar-refractivity contribution in [2.24, 2.45) is 0 Å². The van der Waals surface area contributed by atoms with Gasteiger partial charge in [0.15, 0.2) is 5.82 Å². The van der Waals surface area contributed by atoms with Crippen molar-refractivity contribution in [2.45, 2.75) is 26.2 Å². The largest absolute Gasteiger partial charge is 0.321 e. The highest BCUT2D eigenvalue weighted by Gasteiger charge is 2.35. The van der Waals surface area contributed by atoms with Crippen LogP contribution < -0.4 is 5.32 Å². The number of aromatic amines is 1. The zero-order valence-corrected chi connectivity index (χ0v) is 20.0. The fraction of sp³-hybridized carbons (Fsp3) is 0.179. The number of nitrogens with one attached hydrogen (secondary N) is 2. The molecule has 0 spiro atoms. The van der Waals surface area contributed by atoms with Gasteiger partial charge in [0.25, 0.3) is 17.7 Å². The smallest absolute Gasteiger partial charge is 0.261 e. The Morgan fingerprint density at radius 2 is 1.64 bits per heavy atom. The summed E-state index contributed by atoms with van der Waals surface area (Å²) >= 11 is 0. The van der Waals surface area contributed by atoms with Crippen LogP contribution in [0, 0.1) is 0 Å². The first kappa shape index (κ1) is 23.2. The molecule has 8 heteroatoms. The summed E-state index contributed by atoms with van der Waals surface area (Å²) in [6.45, 7) is 4.31. The molecule has 5 rings (SSSR count). The third-order valence-corrected chi connectivity index (χ3v) is 6.17. The highest BCUT2D eigenvalue weighted by atomic mass is 16.2. The lowest BCUT2D eigenvalue weighted by atomic mass is 10.0.